The van der Waals surface area contributed by atoms with E-state index in [9.17, 15) is 24.3 Å². The number of fused-ring (bicyclic) bond motifs is 3. The van der Waals surface area contributed by atoms with Gasteiger partial charge in [0, 0.05) is 37.1 Å². The molecule has 6 N–H and O–H groups in total. The van der Waals surface area contributed by atoms with Crippen molar-refractivity contribution in [3.8, 4) is 11.5 Å². The minimum Gasteiger partial charge on any atom is -0.504 e. The number of hydrogen-bond acceptors (Lipinski definition) is 8. The number of carbonyl (C=O) groups is 1. The third-order valence-corrected chi connectivity index (χ3v) is 7.99. The number of nitrogens with zero attached hydrogens (tertiary/aromatic N) is 3. The van der Waals surface area contributed by atoms with Crippen LogP contribution < -0.4 is 15.6 Å². The van der Waals surface area contributed by atoms with Crippen LogP contribution in [0.2, 0.25) is 0 Å². The van der Waals surface area contributed by atoms with Gasteiger partial charge in [0.25, 0.3) is 0 Å². The van der Waals surface area contributed by atoms with Gasteiger partial charge in [-0.15, -0.1) is 0 Å². The molecule has 0 spiro atoms. The number of aromatic hydroxyl groups is 1. The number of anilines is 1. The Balaban J connectivity index is 1.59. The van der Waals surface area contributed by atoms with Crippen molar-refractivity contribution in [1.82, 2.24) is 19.9 Å². The predicted molar refractivity (Wildman–Crippen MR) is 174 cm³/mol. The zero-order valence-electron chi connectivity index (χ0n) is 24.0. The Hall–Kier alpha value is -2.97. The van der Waals surface area contributed by atoms with Gasteiger partial charge >= 0.3 is 7.82 Å². The molecular weight excluding hydrogens is 688 g/mol. The van der Waals surface area contributed by atoms with E-state index in [2.05, 4.69) is 17.2 Å². The minimum absolute atomic E-state index is 0.0293. The zero-order chi connectivity index (χ0) is 31.0. The summed E-state index contributed by atoms with van der Waals surface area (Å²) in [5, 5.41) is 14.0. The Bertz CT molecular complexity index is 1620. The Morgan fingerprint density at radius 2 is 1.91 bits per heavy atom. The second kappa shape index (κ2) is 15.2. The fourth-order valence-corrected chi connectivity index (χ4v) is 5.59. The highest BCUT2D eigenvalue weighted by molar-refractivity contribution is 14.1. The number of carbonyl (C=O) groups excluding carboxylic acids is 1. The SMILES string of the molecule is CCCCc1nc2c(N)nc3cc(CCCOCCCNC(=O)CI)ccc3c2n1Cc1cccc(O)c1OP(=O)(O)O. The molecule has 1 amide bonds. The number of hydrogen-bond donors (Lipinski definition) is 5. The molecule has 14 heteroatoms. The highest BCUT2D eigenvalue weighted by Gasteiger charge is 2.24. The number of nitrogens with one attached hydrogen (secondary N) is 1. The molecule has 43 heavy (non-hydrogen) atoms. The average Bonchev–Trinajstić information content (AvgIpc) is 3.33. The molecule has 0 aliphatic carbocycles. The van der Waals surface area contributed by atoms with Crippen molar-refractivity contribution in [3.05, 3.63) is 53.3 Å². The van der Waals surface area contributed by atoms with Crippen LogP contribution in [0.15, 0.2) is 36.4 Å². The predicted octanol–water partition coefficient (Wildman–Crippen LogP) is 4.63. The van der Waals surface area contributed by atoms with Crippen molar-refractivity contribution in [2.45, 2.75) is 52.0 Å². The number of nitrogens with two attached hydrogens (primary N) is 1. The zero-order valence-corrected chi connectivity index (χ0v) is 27.0. The number of phenolic OH excluding ortho intramolecular Hbond substituents is 1. The van der Waals surface area contributed by atoms with Crippen LogP contribution in [0.1, 0.15) is 49.6 Å². The number of ether oxygens (including phenoxy) is 1. The maximum atomic E-state index is 11.7. The van der Waals surface area contributed by atoms with Gasteiger partial charge in [-0.05, 0) is 43.4 Å². The van der Waals surface area contributed by atoms with Gasteiger partial charge in [0.05, 0.1) is 22.0 Å². The van der Waals surface area contributed by atoms with Crippen molar-refractivity contribution < 1.29 is 33.5 Å². The van der Waals surface area contributed by atoms with Crippen LogP contribution in [-0.4, -0.2) is 59.5 Å². The first-order valence-corrected chi connectivity index (χ1v) is 17.2. The lowest BCUT2D eigenvalue weighted by Crippen LogP contribution is -2.25. The molecule has 4 aromatic rings. The number of imidazole rings is 1. The number of amides is 1. The third-order valence-electron chi connectivity index (χ3n) is 6.88. The number of nitrogen functional groups attached to an aromatic ring is 1. The Morgan fingerprint density at radius 3 is 2.65 bits per heavy atom. The largest absolute Gasteiger partial charge is 0.524 e. The smallest absolute Gasteiger partial charge is 0.504 e. The van der Waals surface area contributed by atoms with Crippen LogP contribution in [0.25, 0.3) is 21.9 Å². The van der Waals surface area contributed by atoms with Crippen molar-refractivity contribution in [2.24, 2.45) is 0 Å². The van der Waals surface area contributed by atoms with E-state index in [1.54, 1.807) is 12.1 Å². The van der Waals surface area contributed by atoms with Gasteiger partial charge in [-0.3, -0.25) is 14.6 Å². The summed E-state index contributed by atoms with van der Waals surface area (Å²) in [6, 6.07) is 10.6. The topological polar surface area (TPSA) is 182 Å². The lowest BCUT2D eigenvalue weighted by Gasteiger charge is -2.16. The van der Waals surface area contributed by atoms with Crippen LogP contribution in [0.5, 0.6) is 11.5 Å². The number of halogens is 1. The summed E-state index contributed by atoms with van der Waals surface area (Å²) in [5.74, 6) is 0.417. The van der Waals surface area contributed by atoms with E-state index in [-0.39, 0.29) is 29.8 Å². The van der Waals surface area contributed by atoms with E-state index >= 15 is 0 Å². The van der Waals surface area contributed by atoms with Gasteiger partial charge in [0.1, 0.15) is 11.3 Å². The van der Waals surface area contributed by atoms with Crippen LogP contribution in [0.3, 0.4) is 0 Å². The number of benzene rings is 2. The van der Waals surface area contributed by atoms with Gasteiger partial charge in [-0.2, -0.15) is 0 Å². The Labute approximate surface area is 263 Å². The first-order valence-electron chi connectivity index (χ1n) is 14.1. The van der Waals surface area contributed by atoms with E-state index in [4.69, 9.17) is 20.0 Å². The van der Waals surface area contributed by atoms with E-state index in [1.807, 2.05) is 45.4 Å². The molecule has 232 valence electrons. The quantitative estimate of drug-likeness (QED) is 0.0473. The molecule has 0 radical (unpaired) electrons. The summed E-state index contributed by atoms with van der Waals surface area (Å²) >= 11 is 2.03. The number of pyridine rings is 1. The fraction of sp³-hybridized carbons (Fsp3) is 0.414. The van der Waals surface area contributed by atoms with Gasteiger partial charge in [-0.1, -0.05) is 60.2 Å². The van der Waals surface area contributed by atoms with E-state index in [0.29, 0.717) is 47.2 Å². The summed E-state index contributed by atoms with van der Waals surface area (Å²) in [5.41, 5.74) is 9.89. The number of phosphoric acid groups is 1. The van der Waals surface area contributed by atoms with Crippen LogP contribution in [0.4, 0.5) is 5.82 Å². The van der Waals surface area contributed by atoms with Crippen LogP contribution in [0, 0.1) is 0 Å². The molecule has 4 rings (SSSR count). The number of phenols is 1. The molecule has 0 saturated heterocycles. The number of aryl methyl sites for hydroxylation is 2. The second-order valence-corrected chi connectivity index (χ2v) is 12.1. The van der Waals surface area contributed by atoms with Crippen molar-refractivity contribution >= 4 is 64.1 Å². The summed E-state index contributed by atoms with van der Waals surface area (Å²) in [6.45, 7) is 4.01. The first-order chi connectivity index (χ1) is 20.6. The van der Waals surface area contributed by atoms with Gasteiger partial charge in [-0.25, -0.2) is 14.5 Å². The number of phosphoric ester groups is 1. The molecule has 2 aromatic heterocycles. The monoisotopic (exact) mass is 725 g/mol. The summed E-state index contributed by atoms with van der Waals surface area (Å²) < 4.78 is 24.7. The van der Waals surface area contributed by atoms with Crippen molar-refractivity contribution in [3.63, 3.8) is 0 Å². The van der Waals surface area contributed by atoms with E-state index in [1.165, 1.54) is 6.07 Å². The summed E-state index contributed by atoms with van der Waals surface area (Å²) in [6.07, 6.45) is 4.85. The maximum Gasteiger partial charge on any atom is 0.524 e. The number of aromatic nitrogens is 3. The van der Waals surface area contributed by atoms with Crippen molar-refractivity contribution in [2.75, 3.05) is 29.9 Å². The summed E-state index contributed by atoms with van der Waals surface area (Å²) in [4.78, 5) is 39.7. The molecule has 0 fully saturated rings. The molecule has 0 bridgehead atoms. The lowest BCUT2D eigenvalue weighted by atomic mass is 10.1. The molecule has 0 saturated carbocycles. The van der Waals surface area contributed by atoms with Gasteiger partial charge in [0.2, 0.25) is 5.91 Å². The number of para-hydroxylation sites is 1. The fourth-order valence-electron chi connectivity index (χ4n) is 4.88. The molecule has 2 heterocycles. The summed E-state index contributed by atoms with van der Waals surface area (Å²) in [7, 11) is -4.93. The maximum absolute atomic E-state index is 11.7. The highest BCUT2D eigenvalue weighted by atomic mass is 127. The first kappa shape index (κ1) is 32.9. The molecule has 2 aromatic carbocycles. The number of rotatable bonds is 16. The highest BCUT2D eigenvalue weighted by Crippen LogP contribution is 2.44. The van der Waals surface area contributed by atoms with Crippen molar-refractivity contribution in [1.29, 1.82) is 0 Å². The minimum atomic E-state index is -4.93. The average molecular weight is 726 g/mol. The van der Waals surface area contributed by atoms with E-state index < -0.39 is 7.82 Å². The van der Waals surface area contributed by atoms with Crippen LogP contribution in [-0.2, 0) is 33.5 Å². The molecule has 12 nitrogen and oxygen atoms in total. The number of unbranched alkanes of at least 4 members (excludes halogenated alkanes) is 1. The molecule has 0 unspecified atom stereocenters. The standard InChI is InChI=1S/C29H37IN5O7P/c1-2-3-10-24-34-26-27(35(24)18-20-8-4-9-23(36)28(20)42-43(38,39)40)21-12-11-19(16-22(21)33-29(26)31)7-5-14-41-15-6-13-32-25(37)17-30/h4,8-9,11-12,16,36H,2-3,5-7,10,13-15,17-18H2,1H3,(H2,31,33)(H,32,37)(H2,38,39,40). The molecular formula is C29H37IN5O7P. The second-order valence-electron chi connectivity index (χ2n) is 10.2. The number of alkyl halides is 1. The normalized spacial score (nSPS) is 11.8. The van der Waals surface area contributed by atoms with Crippen LogP contribution >= 0.6 is 30.4 Å². The molecule has 0 atom stereocenters. The molecule has 0 aliphatic heterocycles. The van der Waals surface area contributed by atoms with E-state index in [0.717, 1.165) is 54.4 Å². The Morgan fingerprint density at radius 1 is 1.12 bits per heavy atom. The van der Waals surface area contributed by atoms with Gasteiger partial charge in [0.15, 0.2) is 17.3 Å². The lowest BCUT2D eigenvalue weighted by molar-refractivity contribution is -0.118. The van der Waals surface area contributed by atoms with Gasteiger partial charge < -0.3 is 30.0 Å². The third kappa shape index (κ3) is 8.79. The Kier molecular flexibility index (Phi) is 11.6. The molecule has 0 aliphatic rings.